The molecule has 4 aliphatic rings. The zero-order valence-electron chi connectivity index (χ0n) is 18.0. The Balaban J connectivity index is 1.56. The molecule has 2 aliphatic heterocycles. The van der Waals surface area contributed by atoms with Crippen molar-refractivity contribution in [3.8, 4) is 0 Å². The Morgan fingerprint density at radius 1 is 1.22 bits per heavy atom. The molecule has 182 valence electrons. The number of alkyl halides is 3. The molecule has 5 atom stereocenters. The maximum absolute atomic E-state index is 13.3. The van der Waals surface area contributed by atoms with Crippen LogP contribution in [0.2, 0.25) is 0 Å². The van der Waals surface area contributed by atoms with Gasteiger partial charge in [0.1, 0.15) is 6.54 Å². The highest BCUT2D eigenvalue weighted by Crippen LogP contribution is 2.41. The lowest BCUT2D eigenvalue weighted by atomic mass is 9.80. The van der Waals surface area contributed by atoms with E-state index in [1.165, 1.54) is 0 Å². The van der Waals surface area contributed by atoms with Crippen molar-refractivity contribution >= 4 is 22.0 Å². The number of carbonyl (C=O) groups excluding carboxylic acids is 2. The van der Waals surface area contributed by atoms with Crippen molar-refractivity contribution in [2.24, 2.45) is 5.92 Å². The number of rotatable bonds is 6. The molecule has 13 heteroatoms. The van der Waals surface area contributed by atoms with Gasteiger partial charge < -0.3 is 4.90 Å². The standard InChI is InChI=1S/C19H29F3N4O5S/c1-11-7-12(31-23-11)9-25-16(27)14-8-13(32(29,30)24-18(2)5-6-18)3-4-15(14)26(17(25)28)10-19(20,21)22/h11-15,23-24H,3-10H2,1-2H3. The highest BCUT2D eigenvalue weighted by molar-refractivity contribution is 7.90. The number of urea groups is 1. The van der Waals surface area contributed by atoms with E-state index in [1.54, 1.807) is 6.92 Å². The van der Waals surface area contributed by atoms with Crippen LogP contribution < -0.4 is 10.2 Å². The fraction of sp³-hybridized carbons (Fsp3) is 0.895. The van der Waals surface area contributed by atoms with Crippen molar-refractivity contribution in [3.63, 3.8) is 0 Å². The van der Waals surface area contributed by atoms with E-state index in [9.17, 15) is 31.2 Å². The first-order valence-corrected chi connectivity index (χ1v) is 12.5. The van der Waals surface area contributed by atoms with Gasteiger partial charge in [-0.3, -0.25) is 14.5 Å². The van der Waals surface area contributed by atoms with Crippen LogP contribution in [-0.2, 0) is 19.7 Å². The summed E-state index contributed by atoms with van der Waals surface area (Å²) < 4.78 is 68.2. The maximum Gasteiger partial charge on any atom is 0.406 e. The van der Waals surface area contributed by atoms with Crippen LogP contribution in [0.25, 0.3) is 0 Å². The average molecular weight is 483 g/mol. The van der Waals surface area contributed by atoms with Gasteiger partial charge in [-0.15, -0.1) is 0 Å². The summed E-state index contributed by atoms with van der Waals surface area (Å²) in [5.41, 5.74) is 2.23. The second kappa shape index (κ2) is 8.10. The Labute approximate surface area is 185 Å². The molecule has 0 aromatic heterocycles. The van der Waals surface area contributed by atoms with E-state index in [2.05, 4.69) is 10.2 Å². The highest BCUT2D eigenvalue weighted by Gasteiger charge is 2.54. The Hall–Kier alpha value is -1.44. The van der Waals surface area contributed by atoms with Crippen LogP contribution in [0, 0.1) is 5.92 Å². The zero-order valence-corrected chi connectivity index (χ0v) is 18.8. The molecule has 3 amide bonds. The van der Waals surface area contributed by atoms with Gasteiger partial charge in [0.2, 0.25) is 15.9 Å². The summed E-state index contributed by atoms with van der Waals surface area (Å²) in [6.07, 6.45) is -3.25. The summed E-state index contributed by atoms with van der Waals surface area (Å²) >= 11 is 0. The molecular weight excluding hydrogens is 453 g/mol. The third-order valence-electron chi connectivity index (χ3n) is 6.84. The van der Waals surface area contributed by atoms with Crippen molar-refractivity contribution in [2.45, 2.75) is 87.5 Å². The predicted octanol–water partition coefficient (Wildman–Crippen LogP) is 1.50. The van der Waals surface area contributed by atoms with Crippen LogP contribution in [0.3, 0.4) is 0 Å². The van der Waals surface area contributed by atoms with E-state index in [1.807, 2.05) is 6.92 Å². The number of sulfonamides is 1. The summed E-state index contributed by atoms with van der Waals surface area (Å²) in [6.45, 7) is 1.98. The molecule has 4 rings (SSSR count). The second-order valence-corrected chi connectivity index (χ2v) is 11.7. The summed E-state index contributed by atoms with van der Waals surface area (Å²) in [7, 11) is -3.75. The largest absolute Gasteiger partial charge is 0.406 e. The van der Waals surface area contributed by atoms with Gasteiger partial charge in [-0.1, -0.05) is 0 Å². The smallest absolute Gasteiger partial charge is 0.311 e. The van der Waals surface area contributed by atoms with Crippen molar-refractivity contribution in [2.75, 3.05) is 13.1 Å². The monoisotopic (exact) mass is 482 g/mol. The molecule has 2 saturated heterocycles. The number of halogens is 3. The number of nitrogens with zero attached hydrogens (tertiary/aromatic N) is 2. The van der Waals surface area contributed by atoms with E-state index >= 15 is 0 Å². The number of hydrogen-bond acceptors (Lipinski definition) is 6. The van der Waals surface area contributed by atoms with Crippen LogP contribution in [0.4, 0.5) is 18.0 Å². The van der Waals surface area contributed by atoms with E-state index in [0.717, 1.165) is 17.7 Å². The van der Waals surface area contributed by atoms with Gasteiger partial charge in [0.15, 0.2) is 0 Å². The molecular formula is C19H29F3N4O5S. The van der Waals surface area contributed by atoms with Gasteiger partial charge >= 0.3 is 12.2 Å². The lowest BCUT2D eigenvalue weighted by molar-refractivity contribution is -0.162. The van der Waals surface area contributed by atoms with Crippen LogP contribution in [-0.4, -0.2) is 78.4 Å². The topological polar surface area (TPSA) is 108 Å². The number of fused-ring (bicyclic) bond motifs is 1. The van der Waals surface area contributed by atoms with Crippen LogP contribution in [0.1, 0.15) is 52.4 Å². The molecule has 0 aromatic rings. The normalized spacial score (nSPS) is 35.2. The zero-order chi connectivity index (χ0) is 23.5. The van der Waals surface area contributed by atoms with Gasteiger partial charge in [-0.05, 0) is 52.4 Å². The fourth-order valence-electron chi connectivity index (χ4n) is 4.91. The van der Waals surface area contributed by atoms with Gasteiger partial charge in [0, 0.05) is 17.6 Å². The minimum Gasteiger partial charge on any atom is -0.311 e. The molecule has 5 unspecified atom stereocenters. The van der Waals surface area contributed by atoms with Crippen molar-refractivity contribution in [1.82, 2.24) is 20.0 Å². The Bertz CT molecular complexity index is 879. The first-order valence-electron chi connectivity index (χ1n) is 10.9. The lowest BCUT2D eigenvalue weighted by Crippen LogP contribution is -2.66. The van der Waals surface area contributed by atoms with E-state index in [0.29, 0.717) is 11.3 Å². The van der Waals surface area contributed by atoms with Crippen LogP contribution >= 0.6 is 0 Å². The quantitative estimate of drug-likeness (QED) is 0.594. The molecule has 0 aromatic carbocycles. The minimum absolute atomic E-state index is 0.0203. The van der Waals surface area contributed by atoms with Crippen LogP contribution in [0.5, 0.6) is 0 Å². The highest BCUT2D eigenvalue weighted by atomic mass is 32.2. The summed E-state index contributed by atoms with van der Waals surface area (Å²) in [6, 6.07) is -1.99. The molecule has 2 heterocycles. The first kappa shape index (κ1) is 23.7. The van der Waals surface area contributed by atoms with E-state index in [-0.39, 0.29) is 31.8 Å². The molecule has 2 saturated carbocycles. The predicted molar refractivity (Wildman–Crippen MR) is 107 cm³/mol. The van der Waals surface area contributed by atoms with Gasteiger partial charge in [0.25, 0.3) is 0 Å². The number of amides is 3. The lowest BCUT2D eigenvalue weighted by Gasteiger charge is -2.48. The Kier molecular flexibility index (Phi) is 6.00. The SMILES string of the molecule is CC1CC(CN2C(=O)C3CC(S(=O)(=O)NC4(C)CC4)CCC3N(CC(F)(F)F)C2=O)ON1. The number of nitrogens with one attached hydrogen (secondary N) is 2. The van der Waals surface area contributed by atoms with Crippen LogP contribution in [0.15, 0.2) is 0 Å². The summed E-state index contributed by atoms with van der Waals surface area (Å²) in [5.74, 6) is -1.64. The molecule has 0 radical (unpaired) electrons. The summed E-state index contributed by atoms with van der Waals surface area (Å²) in [5, 5.41) is -0.891. The van der Waals surface area contributed by atoms with E-state index in [4.69, 9.17) is 4.84 Å². The average Bonchev–Trinajstić information content (AvgIpc) is 3.25. The van der Waals surface area contributed by atoms with Gasteiger partial charge in [-0.2, -0.15) is 18.7 Å². The van der Waals surface area contributed by atoms with Crippen molar-refractivity contribution in [1.29, 1.82) is 0 Å². The molecule has 0 spiro atoms. The molecule has 2 aliphatic carbocycles. The molecule has 4 fully saturated rings. The number of imide groups is 1. The Morgan fingerprint density at radius 3 is 2.47 bits per heavy atom. The van der Waals surface area contributed by atoms with Gasteiger partial charge in [0.05, 0.1) is 23.8 Å². The minimum atomic E-state index is -4.64. The molecule has 32 heavy (non-hydrogen) atoms. The second-order valence-electron chi connectivity index (χ2n) is 9.79. The molecule has 2 N–H and O–H groups in total. The third-order valence-corrected chi connectivity index (χ3v) is 8.92. The third kappa shape index (κ3) is 4.90. The fourth-order valence-corrected chi connectivity index (χ4v) is 6.87. The van der Waals surface area contributed by atoms with Crippen molar-refractivity contribution < 1.29 is 36.0 Å². The summed E-state index contributed by atoms with van der Waals surface area (Å²) in [4.78, 5) is 33.0. The Morgan fingerprint density at radius 2 is 1.91 bits per heavy atom. The van der Waals surface area contributed by atoms with E-state index < -0.39 is 63.5 Å². The molecule has 9 nitrogen and oxygen atoms in total. The molecule has 0 bridgehead atoms. The number of carbonyl (C=O) groups is 2. The number of hydrogen-bond donors (Lipinski definition) is 2. The maximum atomic E-state index is 13.3. The number of hydroxylamine groups is 1. The first-order chi connectivity index (χ1) is 14.8. The van der Waals surface area contributed by atoms with Crippen molar-refractivity contribution in [3.05, 3.63) is 0 Å². The van der Waals surface area contributed by atoms with Gasteiger partial charge in [-0.25, -0.2) is 17.9 Å².